The molecule has 5 heteroatoms. The van der Waals surface area contributed by atoms with Gasteiger partial charge in [0.25, 0.3) is 0 Å². The van der Waals surface area contributed by atoms with E-state index in [9.17, 15) is 4.79 Å². The quantitative estimate of drug-likeness (QED) is 0.777. The topological polar surface area (TPSA) is 66.3 Å². The lowest BCUT2D eigenvalue weighted by Gasteiger charge is -2.15. The molecule has 0 aromatic carbocycles. The average Bonchev–Trinajstić information content (AvgIpc) is 2.15. The van der Waals surface area contributed by atoms with Gasteiger partial charge in [-0.2, -0.15) is 0 Å². The number of hydrogen-bond donors (Lipinski definition) is 1. The monoisotopic (exact) mass is 195 g/mol. The van der Waals surface area contributed by atoms with Gasteiger partial charge in [0.05, 0.1) is 0 Å². The Bertz CT molecular complexity index is 352. The van der Waals surface area contributed by atoms with Crippen LogP contribution < -0.4 is 4.90 Å². The van der Waals surface area contributed by atoms with E-state index in [1.165, 1.54) is 6.07 Å². The van der Waals surface area contributed by atoms with Gasteiger partial charge < -0.3 is 10.0 Å². The second-order valence-corrected chi connectivity index (χ2v) is 2.98. The fraction of sp³-hybridized carbons (Fsp3) is 0.444. The van der Waals surface area contributed by atoms with Gasteiger partial charge in [-0.25, -0.2) is 14.8 Å². The van der Waals surface area contributed by atoms with E-state index in [2.05, 4.69) is 9.97 Å². The van der Waals surface area contributed by atoms with Crippen LogP contribution in [0.3, 0.4) is 0 Å². The normalized spacial score (nSPS) is 9.93. The minimum absolute atomic E-state index is 0.0350. The highest BCUT2D eigenvalue weighted by atomic mass is 16.4. The first-order valence-electron chi connectivity index (χ1n) is 4.34. The third kappa shape index (κ3) is 2.18. The van der Waals surface area contributed by atoms with Crippen molar-refractivity contribution in [2.45, 2.75) is 13.8 Å². The summed E-state index contributed by atoms with van der Waals surface area (Å²) in [6.07, 6.45) is 0. The predicted molar refractivity (Wildman–Crippen MR) is 52.7 cm³/mol. The SMILES string of the molecule is CCN(C)c1cc(C(=O)O)nc(C)n1. The van der Waals surface area contributed by atoms with E-state index < -0.39 is 5.97 Å². The summed E-state index contributed by atoms with van der Waals surface area (Å²) in [4.78, 5) is 20.5. The summed E-state index contributed by atoms with van der Waals surface area (Å²) in [7, 11) is 1.85. The number of nitrogens with zero attached hydrogens (tertiary/aromatic N) is 3. The number of aromatic nitrogens is 2. The van der Waals surface area contributed by atoms with Gasteiger partial charge in [0.1, 0.15) is 11.6 Å². The van der Waals surface area contributed by atoms with E-state index >= 15 is 0 Å². The van der Waals surface area contributed by atoms with Crippen molar-refractivity contribution < 1.29 is 9.90 Å². The minimum Gasteiger partial charge on any atom is -0.477 e. The number of aromatic carboxylic acids is 1. The number of anilines is 1. The van der Waals surface area contributed by atoms with Crippen LogP contribution in [0.1, 0.15) is 23.2 Å². The van der Waals surface area contributed by atoms with Crippen LogP contribution in [0.25, 0.3) is 0 Å². The second kappa shape index (κ2) is 4.04. The Kier molecular flexibility index (Phi) is 3.01. The molecule has 0 unspecified atom stereocenters. The van der Waals surface area contributed by atoms with Gasteiger partial charge in [0.2, 0.25) is 0 Å². The Balaban J connectivity index is 3.13. The van der Waals surface area contributed by atoms with Gasteiger partial charge in [-0.3, -0.25) is 0 Å². The maximum Gasteiger partial charge on any atom is 0.354 e. The average molecular weight is 195 g/mol. The molecule has 0 bridgehead atoms. The molecule has 0 fully saturated rings. The van der Waals surface area contributed by atoms with Crippen LogP contribution in [0, 0.1) is 6.92 Å². The van der Waals surface area contributed by atoms with Gasteiger partial charge in [-0.05, 0) is 13.8 Å². The van der Waals surface area contributed by atoms with Crippen molar-refractivity contribution in [3.05, 3.63) is 17.6 Å². The molecule has 0 radical (unpaired) electrons. The van der Waals surface area contributed by atoms with Crippen molar-refractivity contribution in [1.82, 2.24) is 9.97 Å². The molecule has 1 N–H and O–H groups in total. The number of carbonyl (C=O) groups is 1. The van der Waals surface area contributed by atoms with E-state index in [4.69, 9.17) is 5.11 Å². The van der Waals surface area contributed by atoms with Crippen LogP contribution in [0.5, 0.6) is 0 Å². The largest absolute Gasteiger partial charge is 0.477 e. The zero-order valence-electron chi connectivity index (χ0n) is 8.48. The lowest BCUT2D eigenvalue weighted by molar-refractivity contribution is 0.0690. The summed E-state index contributed by atoms with van der Waals surface area (Å²) < 4.78 is 0. The molecular formula is C9H13N3O2. The third-order valence-electron chi connectivity index (χ3n) is 1.91. The number of aryl methyl sites for hydroxylation is 1. The second-order valence-electron chi connectivity index (χ2n) is 2.98. The summed E-state index contributed by atoms with van der Waals surface area (Å²) in [6, 6.07) is 1.47. The highest BCUT2D eigenvalue weighted by Crippen LogP contribution is 2.10. The standard InChI is InChI=1S/C9H13N3O2/c1-4-12(3)8-5-7(9(13)14)10-6(2)11-8/h5H,4H2,1-3H3,(H,13,14). The van der Waals surface area contributed by atoms with Crippen molar-refractivity contribution >= 4 is 11.8 Å². The molecule has 14 heavy (non-hydrogen) atoms. The van der Waals surface area contributed by atoms with Gasteiger partial charge in [-0.15, -0.1) is 0 Å². The number of carboxylic acid groups (broad SMARTS) is 1. The van der Waals surface area contributed by atoms with Crippen LogP contribution in [0.2, 0.25) is 0 Å². The van der Waals surface area contributed by atoms with E-state index in [1.54, 1.807) is 6.92 Å². The molecule has 1 heterocycles. The maximum atomic E-state index is 10.7. The predicted octanol–water partition coefficient (Wildman–Crippen LogP) is 0.939. The number of carboxylic acids is 1. The Hall–Kier alpha value is -1.65. The molecule has 0 spiro atoms. The Morgan fingerprint density at radius 3 is 2.71 bits per heavy atom. The molecule has 1 aromatic rings. The summed E-state index contributed by atoms with van der Waals surface area (Å²) >= 11 is 0. The highest BCUT2D eigenvalue weighted by molar-refractivity contribution is 5.86. The molecular weight excluding hydrogens is 182 g/mol. The molecule has 0 amide bonds. The Labute approximate surface area is 82.4 Å². The molecule has 0 aliphatic heterocycles. The van der Waals surface area contributed by atoms with Crippen molar-refractivity contribution in [3.8, 4) is 0 Å². The van der Waals surface area contributed by atoms with Crippen LogP contribution in [-0.2, 0) is 0 Å². The first kappa shape index (κ1) is 10.4. The Morgan fingerprint density at radius 2 is 2.21 bits per heavy atom. The van der Waals surface area contributed by atoms with E-state index in [0.29, 0.717) is 11.6 Å². The van der Waals surface area contributed by atoms with Crippen LogP contribution in [-0.4, -0.2) is 34.6 Å². The van der Waals surface area contributed by atoms with Crippen molar-refractivity contribution in [2.75, 3.05) is 18.5 Å². The molecule has 0 aliphatic carbocycles. The molecule has 1 rings (SSSR count). The van der Waals surface area contributed by atoms with E-state index in [0.717, 1.165) is 6.54 Å². The van der Waals surface area contributed by atoms with Crippen LogP contribution in [0.4, 0.5) is 5.82 Å². The van der Waals surface area contributed by atoms with E-state index in [1.807, 2.05) is 18.9 Å². The van der Waals surface area contributed by atoms with Crippen molar-refractivity contribution in [2.24, 2.45) is 0 Å². The summed E-state index contributed by atoms with van der Waals surface area (Å²) in [5.41, 5.74) is 0.0350. The molecule has 0 saturated heterocycles. The maximum absolute atomic E-state index is 10.7. The molecule has 0 aliphatic rings. The van der Waals surface area contributed by atoms with Crippen molar-refractivity contribution in [3.63, 3.8) is 0 Å². The summed E-state index contributed by atoms with van der Waals surface area (Å²) in [5.74, 6) is 0.0823. The summed E-state index contributed by atoms with van der Waals surface area (Å²) in [6.45, 7) is 4.42. The molecule has 76 valence electrons. The fourth-order valence-corrected chi connectivity index (χ4v) is 1.02. The van der Waals surface area contributed by atoms with Gasteiger partial charge in [-0.1, -0.05) is 0 Å². The van der Waals surface area contributed by atoms with Crippen LogP contribution >= 0.6 is 0 Å². The van der Waals surface area contributed by atoms with Crippen LogP contribution in [0.15, 0.2) is 6.07 Å². The summed E-state index contributed by atoms with van der Waals surface area (Å²) in [5, 5.41) is 8.78. The first-order valence-corrected chi connectivity index (χ1v) is 4.34. The molecule has 0 atom stereocenters. The number of rotatable bonds is 3. The van der Waals surface area contributed by atoms with Gasteiger partial charge >= 0.3 is 5.97 Å². The van der Waals surface area contributed by atoms with E-state index in [-0.39, 0.29) is 5.69 Å². The lowest BCUT2D eigenvalue weighted by atomic mass is 10.3. The number of hydrogen-bond acceptors (Lipinski definition) is 4. The zero-order valence-corrected chi connectivity index (χ0v) is 8.48. The Morgan fingerprint density at radius 1 is 1.57 bits per heavy atom. The zero-order chi connectivity index (χ0) is 10.7. The van der Waals surface area contributed by atoms with Crippen molar-refractivity contribution in [1.29, 1.82) is 0 Å². The van der Waals surface area contributed by atoms with Gasteiger partial charge in [0, 0.05) is 19.7 Å². The lowest BCUT2D eigenvalue weighted by Crippen LogP contribution is -2.19. The minimum atomic E-state index is -1.03. The van der Waals surface area contributed by atoms with Gasteiger partial charge in [0.15, 0.2) is 5.69 Å². The fourth-order valence-electron chi connectivity index (χ4n) is 1.02. The third-order valence-corrected chi connectivity index (χ3v) is 1.91. The smallest absolute Gasteiger partial charge is 0.354 e. The molecule has 0 saturated carbocycles. The highest BCUT2D eigenvalue weighted by Gasteiger charge is 2.09. The molecule has 1 aromatic heterocycles. The molecule has 5 nitrogen and oxygen atoms in total. The first-order chi connectivity index (χ1) is 6.54.